The number of thiophene rings is 1. The number of nitrogen functional groups attached to an aromatic ring is 1. The molecule has 0 saturated heterocycles. The van der Waals surface area contributed by atoms with Gasteiger partial charge in [-0.2, -0.15) is 0 Å². The first kappa shape index (κ1) is 17.7. The van der Waals surface area contributed by atoms with Crippen LogP contribution in [-0.2, 0) is 9.47 Å². The van der Waals surface area contributed by atoms with E-state index in [-0.39, 0.29) is 5.78 Å². The number of nitrogens with zero attached hydrogens (tertiary/aromatic N) is 1. The van der Waals surface area contributed by atoms with Gasteiger partial charge in [0.1, 0.15) is 5.00 Å². The van der Waals surface area contributed by atoms with E-state index in [0.29, 0.717) is 49.0 Å². The van der Waals surface area contributed by atoms with Gasteiger partial charge in [0.2, 0.25) is 0 Å². The molecule has 1 aromatic rings. The van der Waals surface area contributed by atoms with E-state index in [1.165, 1.54) is 11.3 Å². The smallest absolute Gasteiger partial charge is 0.177 e. The lowest BCUT2D eigenvalue weighted by Crippen LogP contribution is -2.30. The summed E-state index contributed by atoms with van der Waals surface area (Å²) < 4.78 is 15.7. The minimum Gasteiger partial charge on any atom is -0.492 e. The van der Waals surface area contributed by atoms with Gasteiger partial charge in [-0.25, -0.2) is 0 Å². The second kappa shape index (κ2) is 8.86. The third kappa shape index (κ3) is 4.33. The van der Waals surface area contributed by atoms with E-state index >= 15 is 0 Å². The SMILES string of the molecule is CCC(=O)c1sc(N(CCOC)CCOC)c(OC)c1N. The lowest BCUT2D eigenvalue weighted by molar-refractivity contribution is 0.0992. The van der Waals surface area contributed by atoms with Crippen LogP contribution < -0.4 is 15.4 Å². The number of methoxy groups -OCH3 is 3. The minimum absolute atomic E-state index is 0.0282. The molecule has 7 heteroatoms. The molecule has 0 aliphatic carbocycles. The molecular formula is C14H24N2O4S. The molecule has 0 radical (unpaired) electrons. The lowest BCUT2D eigenvalue weighted by Gasteiger charge is -2.23. The molecule has 0 saturated carbocycles. The highest BCUT2D eigenvalue weighted by Crippen LogP contribution is 2.45. The molecule has 0 fully saturated rings. The average molecular weight is 316 g/mol. The number of rotatable bonds is 10. The highest BCUT2D eigenvalue weighted by molar-refractivity contribution is 7.19. The fourth-order valence-corrected chi connectivity index (χ4v) is 3.16. The number of anilines is 2. The molecule has 6 nitrogen and oxygen atoms in total. The molecule has 0 amide bonds. The Kier molecular flexibility index (Phi) is 7.49. The predicted octanol–water partition coefficient (Wildman–Crippen LogP) is 2.03. The van der Waals surface area contributed by atoms with Crippen LogP contribution in [0.25, 0.3) is 0 Å². The molecule has 0 unspecified atom stereocenters. The zero-order valence-corrected chi connectivity index (χ0v) is 13.9. The number of nitrogens with two attached hydrogens (primary N) is 1. The van der Waals surface area contributed by atoms with Crippen molar-refractivity contribution < 1.29 is 19.0 Å². The van der Waals surface area contributed by atoms with Crippen LogP contribution in [0, 0.1) is 0 Å². The molecule has 1 rings (SSSR count). The van der Waals surface area contributed by atoms with Crippen LogP contribution >= 0.6 is 11.3 Å². The van der Waals surface area contributed by atoms with Gasteiger partial charge in [0.25, 0.3) is 0 Å². The summed E-state index contributed by atoms with van der Waals surface area (Å²) in [6, 6.07) is 0. The van der Waals surface area contributed by atoms with E-state index in [4.69, 9.17) is 19.9 Å². The molecule has 120 valence electrons. The Bertz CT molecular complexity index is 454. The zero-order valence-electron chi connectivity index (χ0n) is 13.1. The van der Waals surface area contributed by atoms with Gasteiger partial charge in [-0.1, -0.05) is 6.92 Å². The number of carbonyl (C=O) groups is 1. The Morgan fingerprint density at radius 2 is 1.76 bits per heavy atom. The number of hydrogen-bond acceptors (Lipinski definition) is 7. The molecule has 0 atom stereocenters. The predicted molar refractivity (Wildman–Crippen MR) is 85.9 cm³/mol. The van der Waals surface area contributed by atoms with Crippen molar-refractivity contribution in [3.63, 3.8) is 0 Å². The standard InChI is InChI=1S/C14H24N2O4S/c1-5-10(17)13-11(15)12(20-4)14(21-13)16(6-8-18-2)7-9-19-3/h5-9,15H2,1-4H3. The van der Waals surface area contributed by atoms with Crippen molar-refractivity contribution in [2.24, 2.45) is 0 Å². The van der Waals surface area contributed by atoms with E-state index in [1.54, 1.807) is 21.3 Å². The van der Waals surface area contributed by atoms with Gasteiger partial charge < -0.3 is 24.8 Å². The third-order valence-electron chi connectivity index (χ3n) is 3.08. The summed E-state index contributed by atoms with van der Waals surface area (Å²) in [4.78, 5) is 14.6. The fourth-order valence-electron chi connectivity index (χ4n) is 1.91. The summed E-state index contributed by atoms with van der Waals surface area (Å²) in [5, 5.41) is 0.848. The second-order valence-electron chi connectivity index (χ2n) is 4.43. The van der Waals surface area contributed by atoms with Crippen LogP contribution in [-0.4, -0.2) is 53.4 Å². The Morgan fingerprint density at radius 1 is 1.19 bits per heavy atom. The van der Waals surface area contributed by atoms with E-state index < -0.39 is 0 Å². The molecule has 0 aliphatic rings. The summed E-state index contributed by atoms with van der Waals surface area (Å²) in [7, 11) is 4.87. The summed E-state index contributed by atoms with van der Waals surface area (Å²) in [5.41, 5.74) is 6.48. The van der Waals surface area contributed by atoms with Crippen molar-refractivity contribution >= 4 is 27.8 Å². The van der Waals surface area contributed by atoms with E-state index in [1.807, 2.05) is 6.92 Å². The molecule has 2 N–H and O–H groups in total. The van der Waals surface area contributed by atoms with Crippen molar-refractivity contribution in [1.82, 2.24) is 0 Å². The van der Waals surface area contributed by atoms with Crippen molar-refractivity contribution in [2.75, 3.05) is 58.3 Å². The van der Waals surface area contributed by atoms with Gasteiger partial charge in [0.15, 0.2) is 11.5 Å². The van der Waals surface area contributed by atoms with E-state index in [9.17, 15) is 4.79 Å². The number of Topliss-reactive ketones (excluding diaryl/α,β-unsaturated/α-hetero) is 1. The maximum atomic E-state index is 12.0. The maximum Gasteiger partial charge on any atom is 0.177 e. The molecule has 1 heterocycles. The average Bonchev–Trinajstić information content (AvgIpc) is 2.83. The van der Waals surface area contributed by atoms with Gasteiger partial charge in [0, 0.05) is 33.7 Å². The zero-order chi connectivity index (χ0) is 15.8. The highest BCUT2D eigenvalue weighted by Gasteiger charge is 2.24. The Morgan fingerprint density at radius 3 is 2.19 bits per heavy atom. The Hall–Kier alpha value is -1.31. The van der Waals surface area contributed by atoms with Crippen LogP contribution in [0.3, 0.4) is 0 Å². The topological polar surface area (TPSA) is 74.0 Å². The van der Waals surface area contributed by atoms with Crippen molar-refractivity contribution in [3.05, 3.63) is 4.88 Å². The fraction of sp³-hybridized carbons (Fsp3) is 0.643. The van der Waals surface area contributed by atoms with E-state index in [0.717, 1.165) is 5.00 Å². The molecule has 0 bridgehead atoms. The largest absolute Gasteiger partial charge is 0.492 e. The van der Waals surface area contributed by atoms with Crippen LogP contribution in [0.1, 0.15) is 23.0 Å². The van der Waals surface area contributed by atoms with Gasteiger partial charge in [-0.05, 0) is 0 Å². The van der Waals surface area contributed by atoms with Crippen LogP contribution in [0.15, 0.2) is 0 Å². The van der Waals surface area contributed by atoms with Gasteiger partial charge in [0.05, 0.1) is 30.9 Å². The molecule has 1 aromatic heterocycles. The van der Waals surface area contributed by atoms with Crippen molar-refractivity contribution in [2.45, 2.75) is 13.3 Å². The lowest BCUT2D eigenvalue weighted by atomic mass is 10.2. The van der Waals surface area contributed by atoms with E-state index in [2.05, 4.69) is 4.90 Å². The van der Waals surface area contributed by atoms with Crippen molar-refractivity contribution in [3.8, 4) is 5.75 Å². The Balaban J connectivity index is 3.12. The van der Waals surface area contributed by atoms with Gasteiger partial charge in [-0.3, -0.25) is 4.79 Å². The van der Waals surface area contributed by atoms with Crippen LogP contribution in [0.5, 0.6) is 5.75 Å². The summed E-state index contributed by atoms with van der Waals surface area (Å²) in [5.74, 6) is 0.587. The number of ether oxygens (including phenoxy) is 3. The molecule has 21 heavy (non-hydrogen) atoms. The highest BCUT2D eigenvalue weighted by atomic mass is 32.1. The molecule has 0 spiro atoms. The second-order valence-corrected chi connectivity index (χ2v) is 5.43. The first-order chi connectivity index (χ1) is 10.1. The number of carbonyl (C=O) groups excluding carboxylic acids is 1. The van der Waals surface area contributed by atoms with Crippen LogP contribution in [0.4, 0.5) is 10.7 Å². The summed E-state index contributed by atoms with van der Waals surface area (Å²) in [6.45, 7) is 4.32. The van der Waals surface area contributed by atoms with Gasteiger partial charge in [-0.15, -0.1) is 11.3 Å². The first-order valence-electron chi connectivity index (χ1n) is 6.82. The quantitative estimate of drug-likeness (QED) is 0.666. The molecular weight excluding hydrogens is 292 g/mol. The van der Waals surface area contributed by atoms with Crippen LogP contribution in [0.2, 0.25) is 0 Å². The summed E-state index contributed by atoms with van der Waals surface area (Å²) >= 11 is 1.37. The monoisotopic (exact) mass is 316 g/mol. The third-order valence-corrected chi connectivity index (χ3v) is 4.37. The van der Waals surface area contributed by atoms with Gasteiger partial charge >= 0.3 is 0 Å². The summed E-state index contributed by atoms with van der Waals surface area (Å²) in [6.07, 6.45) is 0.420. The number of hydrogen-bond donors (Lipinski definition) is 1. The molecule has 0 aliphatic heterocycles. The molecule has 0 aromatic carbocycles. The maximum absolute atomic E-state index is 12.0. The van der Waals surface area contributed by atoms with Crippen molar-refractivity contribution in [1.29, 1.82) is 0 Å². The minimum atomic E-state index is 0.0282. The normalized spacial score (nSPS) is 10.7. The first-order valence-corrected chi connectivity index (χ1v) is 7.64. The Labute approximate surface area is 129 Å². The number of ketones is 1.